The Hall–Kier alpha value is -2.72. The van der Waals surface area contributed by atoms with Crippen LogP contribution in [0.2, 0.25) is 0 Å². The maximum atomic E-state index is 9.51. The average molecular weight is 263 g/mol. The van der Waals surface area contributed by atoms with E-state index in [9.17, 15) is 10.5 Å². The Labute approximate surface area is 117 Å². The summed E-state index contributed by atoms with van der Waals surface area (Å²) in [5, 5.41) is 18.9. The van der Waals surface area contributed by atoms with E-state index in [0.717, 1.165) is 18.4 Å². The van der Waals surface area contributed by atoms with E-state index >= 15 is 0 Å². The van der Waals surface area contributed by atoms with Crippen LogP contribution in [0.4, 0.5) is 0 Å². The smallest absolute Gasteiger partial charge is 0.205 e. The van der Waals surface area contributed by atoms with Crippen LogP contribution in [0.15, 0.2) is 53.1 Å². The van der Waals surface area contributed by atoms with Crippen LogP contribution >= 0.6 is 0 Å². The van der Waals surface area contributed by atoms with E-state index in [-0.39, 0.29) is 11.8 Å². The Balaban J connectivity index is 2.16. The van der Waals surface area contributed by atoms with E-state index in [0.29, 0.717) is 16.9 Å². The summed E-state index contributed by atoms with van der Waals surface area (Å²) < 4.78 is 5.56. The first-order valence-electron chi connectivity index (χ1n) is 6.53. The molecule has 3 rings (SSSR count). The van der Waals surface area contributed by atoms with Gasteiger partial charge in [0.25, 0.3) is 0 Å². The van der Waals surface area contributed by atoms with Crippen molar-refractivity contribution in [2.75, 3.05) is 0 Å². The van der Waals surface area contributed by atoms with Gasteiger partial charge in [-0.25, -0.2) is 0 Å². The number of hydrogen-bond acceptors (Lipinski definition) is 4. The molecule has 1 aromatic rings. The predicted octanol–water partition coefficient (Wildman–Crippen LogP) is 2.68. The van der Waals surface area contributed by atoms with Crippen molar-refractivity contribution < 1.29 is 4.74 Å². The zero-order valence-corrected chi connectivity index (χ0v) is 10.8. The van der Waals surface area contributed by atoms with Gasteiger partial charge in [0.05, 0.1) is 17.6 Å². The van der Waals surface area contributed by atoms with Crippen molar-refractivity contribution in [3.8, 4) is 12.1 Å². The summed E-state index contributed by atoms with van der Waals surface area (Å²) in [4.78, 5) is 0. The summed E-state index contributed by atoms with van der Waals surface area (Å²) >= 11 is 0. The van der Waals surface area contributed by atoms with Crippen molar-refractivity contribution >= 4 is 0 Å². The van der Waals surface area contributed by atoms with E-state index in [4.69, 9.17) is 10.5 Å². The SMILES string of the molecule is N#CC1=C(N)OC(C2CC2)=C(C#N)[C@@H]1c1ccccc1. The molecule has 1 aliphatic heterocycles. The Kier molecular flexibility index (Phi) is 2.93. The number of nitriles is 2. The second kappa shape index (κ2) is 4.75. The monoisotopic (exact) mass is 263 g/mol. The lowest BCUT2D eigenvalue weighted by molar-refractivity contribution is 0.260. The number of rotatable bonds is 2. The van der Waals surface area contributed by atoms with Crippen LogP contribution < -0.4 is 5.73 Å². The maximum Gasteiger partial charge on any atom is 0.205 e. The molecular formula is C16H13N3O. The Morgan fingerprint density at radius 2 is 1.70 bits per heavy atom. The molecule has 0 amide bonds. The van der Waals surface area contributed by atoms with Gasteiger partial charge in [0, 0.05) is 5.92 Å². The number of hydrogen-bond donors (Lipinski definition) is 1. The molecular weight excluding hydrogens is 250 g/mol. The summed E-state index contributed by atoms with van der Waals surface area (Å²) in [6.07, 6.45) is 2.02. The van der Waals surface area contributed by atoms with Gasteiger partial charge in [-0.15, -0.1) is 0 Å². The van der Waals surface area contributed by atoms with E-state index in [1.54, 1.807) is 0 Å². The molecule has 1 aromatic carbocycles. The average Bonchev–Trinajstić information content (AvgIpc) is 3.31. The van der Waals surface area contributed by atoms with Crippen LogP contribution in [0.25, 0.3) is 0 Å². The van der Waals surface area contributed by atoms with Crippen molar-refractivity contribution in [2.24, 2.45) is 11.7 Å². The first kappa shape index (κ1) is 12.3. The van der Waals surface area contributed by atoms with Gasteiger partial charge in [0.2, 0.25) is 5.88 Å². The van der Waals surface area contributed by atoms with Crippen LogP contribution in [0, 0.1) is 28.6 Å². The zero-order chi connectivity index (χ0) is 14.1. The molecule has 0 spiro atoms. The third kappa shape index (κ3) is 1.92. The molecule has 1 aliphatic carbocycles. The summed E-state index contributed by atoms with van der Waals surface area (Å²) in [5.41, 5.74) is 7.61. The van der Waals surface area contributed by atoms with E-state index in [1.807, 2.05) is 30.3 Å². The van der Waals surface area contributed by atoms with Gasteiger partial charge < -0.3 is 10.5 Å². The molecule has 1 saturated carbocycles. The first-order chi connectivity index (χ1) is 9.76. The highest BCUT2D eigenvalue weighted by molar-refractivity contribution is 5.53. The Bertz CT molecular complexity index is 685. The minimum absolute atomic E-state index is 0.127. The molecule has 0 radical (unpaired) electrons. The molecule has 0 saturated heterocycles. The van der Waals surface area contributed by atoms with Crippen molar-refractivity contribution in [2.45, 2.75) is 18.8 Å². The van der Waals surface area contributed by atoms with Crippen molar-refractivity contribution in [3.63, 3.8) is 0 Å². The van der Waals surface area contributed by atoms with Crippen molar-refractivity contribution in [1.29, 1.82) is 10.5 Å². The highest BCUT2D eigenvalue weighted by atomic mass is 16.5. The van der Waals surface area contributed by atoms with Crippen LogP contribution in [-0.4, -0.2) is 0 Å². The summed E-state index contributed by atoms with van der Waals surface area (Å²) in [5.74, 6) is 0.644. The molecule has 4 nitrogen and oxygen atoms in total. The molecule has 1 fully saturated rings. The number of benzene rings is 1. The largest absolute Gasteiger partial charge is 0.444 e. The second-order valence-corrected chi connectivity index (χ2v) is 5.00. The molecule has 98 valence electrons. The minimum atomic E-state index is -0.407. The fourth-order valence-corrected chi connectivity index (χ4v) is 2.52. The molecule has 0 aromatic heterocycles. The van der Waals surface area contributed by atoms with Crippen LogP contribution in [-0.2, 0) is 4.74 Å². The molecule has 0 bridgehead atoms. The van der Waals surface area contributed by atoms with Gasteiger partial charge in [-0.2, -0.15) is 10.5 Å². The molecule has 1 heterocycles. The lowest BCUT2D eigenvalue weighted by atomic mass is 9.83. The van der Waals surface area contributed by atoms with Crippen LogP contribution in [0.5, 0.6) is 0 Å². The van der Waals surface area contributed by atoms with Gasteiger partial charge in [-0.1, -0.05) is 30.3 Å². The normalized spacial score (nSPS) is 22.0. The second-order valence-electron chi connectivity index (χ2n) is 5.00. The molecule has 2 N–H and O–H groups in total. The van der Waals surface area contributed by atoms with Gasteiger partial charge in [0.15, 0.2) is 0 Å². The predicted molar refractivity (Wildman–Crippen MR) is 72.5 cm³/mol. The Morgan fingerprint density at radius 3 is 2.25 bits per heavy atom. The Morgan fingerprint density at radius 1 is 1.05 bits per heavy atom. The lowest BCUT2D eigenvalue weighted by Crippen LogP contribution is -2.21. The summed E-state index contributed by atoms with van der Waals surface area (Å²) in [6.45, 7) is 0. The number of ether oxygens (including phenoxy) is 1. The third-order valence-electron chi connectivity index (χ3n) is 3.65. The topological polar surface area (TPSA) is 82.8 Å². The van der Waals surface area contributed by atoms with E-state index < -0.39 is 5.92 Å². The molecule has 2 aliphatic rings. The quantitative estimate of drug-likeness (QED) is 0.889. The van der Waals surface area contributed by atoms with E-state index in [1.165, 1.54) is 0 Å². The van der Waals surface area contributed by atoms with Crippen molar-refractivity contribution in [3.05, 3.63) is 58.7 Å². The zero-order valence-electron chi connectivity index (χ0n) is 10.8. The molecule has 4 heteroatoms. The number of allylic oxidation sites excluding steroid dienone is 3. The third-order valence-corrected chi connectivity index (χ3v) is 3.65. The standard InChI is InChI=1S/C16H13N3O/c17-8-12-14(10-4-2-1-3-5-10)13(9-18)16(19)20-15(12)11-6-7-11/h1-5,11,14H,6-7,19H2/t14-/m0/s1. The van der Waals surface area contributed by atoms with Crippen molar-refractivity contribution in [1.82, 2.24) is 0 Å². The first-order valence-corrected chi connectivity index (χ1v) is 6.53. The van der Waals surface area contributed by atoms with E-state index in [2.05, 4.69) is 12.1 Å². The molecule has 1 atom stereocenters. The maximum absolute atomic E-state index is 9.51. The van der Waals surface area contributed by atoms with Crippen LogP contribution in [0.1, 0.15) is 24.3 Å². The molecule has 0 unspecified atom stereocenters. The van der Waals surface area contributed by atoms with Gasteiger partial charge in [0.1, 0.15) is 17.4 Å². The summed E-state index contributed by atoms with van der Waals surface area (Å²) in [7, 11) is 0. The number of nitrogens with two attached hydrogens (primary N) is 1. The highest BCUT2D eigenvalue weighted by Gasteiger charge is 2.39. The molecule has 20 heavy (non-hydrogen) atoms. The van der Waals surface area contributed by atoms with Crippen LogP contribution in [0.3, 0.4) is 0 Å². The summed E-state index contributed by atoms with van der Waals surface area (Å²) in [6, 6.07) is 13.8. The lowest BCUT2D eigenvalue weighted by Gasteiger charge is -2.25. The fraction of sp³-hybridized carbons (Fsp3) is 0.250. The number of nitrogens with zero attached hydrogens (tertiary/aromatic N) is 2. The minimum Gasteiger partial charge on any atom is -0.444 e. The van der Waals surface area contributed by atoms with Gasteiger partial charge in [-0.3, -0.25) is 0 Å². The fourth-order valence-electron chi connectivity index (χ4n) is 2.52. The van der Waals surface area contributed by atoms with Gasteiger partial charge >= 0.3 is 0 Å². The highest BCUT2D eigenvalue weighted by Crippen LogP contribution is 2.46. The van der Waals surface area contributed by atoms with Gasteiger partial charge in [-0.05, 0) is 18.4 Å².